The summed E-state index contributed by atoms with van der Waals surface area (Å²) in [5, 5.41) is 4.12. The highest BCUT2D eigenvalue weighted by Crippen LogP contribution is 2.39. The number of pyridine rings is 3. The predicted molar refractivity (Wildman–Crippen MR) is 110 cm³/mol. The van der Waals surface area contributed by atoms with E-state index >= 15 is 0 Å². The molecule has 0 saturated carbocycles. The van der Waals surface area contributed by atoms with Gasteiger partial charge in [-0.05, 0) is 29.8 Å². The maximum absolute atomic E-state index is 13.1. The first-order valence-electron chi connectivity index (χ1n) is 9.81. The van der Waals surface area contributed by atoms with Crippen molar-refractivity contribution in [1.82, 2.24) is 30.0 Å². The molecule has 1 aliphatic heterocycles. The van der Waals surface area contributed by atoms with Crippen LogP contribution in [0.15, 0.2) is 76.7 Å². The molecule has 0 radical (unpaired) electrons. The number of aromatic amines is 1. The van der Waals surface area contributed by atoms with Gasteiger partial charge < -0.3 is 14.4 Å². The maximum atomic E-state index is 13.1. The van der Waals surface area contributed by atoms with Gasteiger partial charge in [-0.1, -0.05) is 11.2 Å². The van der Waals surface area contributed by atoms with Gasteiger partial charge in [0.1, 0.15) is 0 Å². The summed E-state index contributed by atoms with van der Waals surface area (Å²) in [6.07, 6.45) is 8.29. The summed E-state index contributed by atoms with van der Waals surface area (Å²) in [6.45, 7) is 0.886. The lowest BCUT2D eigenvalue weighted by atomic mass is 9.90. The molecule has 1 fully saturated rings. The number of nitrogens with one attached hydrogen (secondary N) is 1. The van der Waals surface area contributed by atoms with Crippen molar-refractivity contribution in [3.8, 4) is 11.4 Å². The number of hydrogen-bond acceptors (Lipinski definition) is 7. The largest absolute Gasteiger partial charge is 0.339 e. The number of aromatic nitrogens is 5. The molecule has 0 unspecified atom stereocenters. The van der Waals surface area contributed by atoms with Crippen LogP contribution in [0.5, 0.6) is 0 Å². The van der Waals surface area contributed by atoms with E-state index < -0.39 is 0 Å². The van der Waals surface area contributed by atoms with Gasteiger partial charge in [-0.25, -0.2) is 0 Å². The lowest BCUT2D eigenvalue weighted by molar-refractivity contribution is 0.0787. The van der Waals surface area contributed by atoms with Crippen LogP contribution >= 0.6 is 0 Å². The fraction of sp³-hybridized carbons (Fsp3) is 0.182. The van der Waals surface area contributed by atoms with Crippen molar-refractivity contribution in [3.05, 3.63) is 94.8 Å². The summed E-state index contributed by atoms with van der Waals surface area (Å²) < 4.78 is 5.62. The fourth-order valence-electron chi connectivity index (χ4n) is 3.88. The van der Waals surface area contributed by atoms with Gasteiger partial charge in [0.25, 0.3) is 5.91 Å². The van der Waals surface area contributed by atoms with Crippen LogP contribution in [0.3, 0.4) is 0 Å². The third kappa shape index (κ3) is 3.73. The molecule has 9 nitrogen and oxygen atoms in total. The predicted octanol–water partition coefficient (Wildman–Crippen LogP) is 2.24. The average molecular weight is 414 g/mol. The Morgan fingerprint density at radius 2 is 1.87 bits per heavy atom. The third-order valence-corrected chi connectivity index (χ3v) is 5.45. The van der Waals surface area contributed by atoms with E-state index in [9.17, 15) is 9.59 Å². The maximum Gasteiger partial charge on any atom is 0.255 e. The summed E-state index contributed by atoms with van der Waals surface area (Å²) in [5.74, 6) is 0.553. The van der Waals surface area contributed by atoms with Crippen LogP contribution in [0.1, 0.15) is 33.6 Å². The van der Waals surface area contributed by atoms with E-state index in [1.807, 2.05) is 24.3 Å². The van der Waals surface area contributed by atoms with E-state index in [0.29, 0.717) is 30.4 Å². The number of carbonyl (C=O) groups is 1. The second kappa shape index (κ2) is 7.94. The first-order valence-corrected chi connectivity index (χ1v) is 9.81. The minimum absolute atomic E-state index is 0.0499. The van der Waals surface area contributed by atoms with Crippen molar-refractivity contribution < 1.29 is 9.32 Å². The summed E-state index contributed by atoms with van der Waals surface area (Å²) in [7, 11) is 0. The van der Waals surface area contributed by atoms with Gasteiger partial charge in [0.2, 0.25) is 17.3 Å². The highest BCUT2D eigenvalue weighted by atomic mass is 16.5. The molecule has 0 spiro atoms. The molecule has 5 rings (SSSR count). The Hall–Kier alpha value is -4.14. The number of rotatable bonds is 4. The zero-order valence-corrected chi connectivity index (χ0v) is 16.4. The van der Waals surface area contributed by atoms with E-state index in [2.05, 4.69) is 25.1 Å². The zero-order valence-electron chi connectivity index (χ0n) is 16.4. The molecule has 4 aromatic rings. The number of nitrogens with zero attached hydrogens (tertiary/aromatic N) is 5. The van der Waals surface area contributed by atoms with Crippen molar-refractivity contribution in [1.29, 1.82) is 0 Å². The molecular weight excluding hydrogens is 396 g/mol. The second-order valence-electron chi connectivity index (χ2n) is 7.34. The first kappa shape index (κ1) is 18.9. The Morgan fingerprint density at radius 1 is 1.03 bits per heavy atom. The number of H-pyrrole nitrogens is 1. The van der Waals surface area contributed by atoms with Crippen molar-refractivity contribution in [2.75, 3.05) is 13.1 Å². The quantitative estimate of drug-likeness (QED) is 0.544. The van der Waals surface area contributed by atoms with Crippen molar-refractivity contribution >= 4 is 5.91 Å². The second-order valence-corrected chi connectivity index (χ2v) is 7.34. The van der Waals surface area contributed by atoms with Crippen molar-refractivity contribution in [3.63, 3.8) is 0 Å². The van der Waals surface area contributed by atoms with E-state index in [0.717, 1.165) is 11.1 Å². The number of amides is 1. The van der Waals surface area contributed by atoms with Crippen molar-refractivity contribution in [2.24, 2.45) is 0 Å². The van der Waals surface area contributed by atoms with E-state index in [1.165, 1.54) is 18.3 Å². The van der Waals surface area contributed by atoms with Crippen LogP contribution in [0, 0.1) is 0 Å². The minimum atomic E-state index is -0.251. The van der Waals surface area contributed by atoms with Crippen LogP contribution in [-0.4, -0.2) is 49.0 Å². The summed E-state index contributed by atoms with van der Waals surface area (Å²) >= 11 is 0. The molecule has 0 aromatic carbocycles. The minimum Gasteiger partial charge on any atom is -0.339 e. The first-order chi connectivity index (χ1) is 15.2. The Morgan fingerprint density at radius 3 is 2.61 bits per heavy atom. The molecule has 0 aliphatic carbocycles. The van der Waals surface area contributed by atoms with E-state index in [-0.39, 0.29) is 23.3 Å². The number of hydrogen-bond donors (Lipinski definition) is 1. The highest BCUT2D eigenvalue weighted by molar-refractivity contribution is 5.94. The molecule has 1 amide bonds. The zero-order chi connectivity index (χ0) is 21.2. The highest BCUT2D eigenvalue weighted by Gasteiger charge is 2.40. The lowest BCUT2D eigenvalue weighted by Crippen LogP contribution is -2.29. The van der Waals surface area contributed by atoms with E-state index in [1.54, 1.807) is 29.7 Å². The van der Waals surface area contributed by atoms with Gasteiger partial charge in [0.15, 0.2) is 0 Å². The topological polar surface area (TPSA) is 118 Å². The normalized spacial score (nSPS) is 18.3. The molecule has 1 aliphatic rings. The average Bonchev–Trinajstić information content (AvgIpc) is 3.48. The van der Waals surface area contributed by atoms with Gasteiger partial charge in [-0.15, -0.1) is 0 Å². The van der Waals surface area contributed by atoms with Gasteiger partial charge in [-0.2, -0.15) is 4.98 Å². The Bertz CT molecular complexity index is 1230. The van der Waals surface area contributed by atoms with Gasteiger partial charge in [-0.3, -0.25) is 19.6 Å². The Kier molecular flexibility index (Phi) is 4.83. The molecule has 154 valence electrons. The Balaban J connectivity index is 1.47. The molecule has 4 aromatic heterocycles. The molecule has 1 N–H and O–H groups in total. The molecule has 0 bridgehead atoms. The Labute approximate surface area is 176 Å². The lowest BCUT2D eigenvalue weighted by Gasteiger charge is -2.16. The fourth-order valence-corrected chi connectivity index (χ4v) is 3.88. The molecule has 5 heterocycles. The standard InChI is InChI=1S/C22H18N6O3/c29-19-4-3-16(11-25-19)22(30)28-12-17(15-2-1-7-24-10-15)18(13-28)21-26-20(27-31-21)14-5-8-23-9-6-14/h1-11,17-18H,12-13H2,(H,25,29)/t17-,18+/m0/s1. The van der Waals surface area contributed by atoms with Gasteiger partial charge in [0.05, 0.1) is 11.5 Å². The van der Waals surface area contributed by atoms with Gasteiger partial charge >= 0.3 is 0 Å². The number of likely N-dealkylation sites (tertiary alicyclic amines) is 1. The van der Waals surface area contributed by atoms with Crippen LogP contribution in [0.25, 0.3) is 11.4 Å². The third-order valence-electron chi connectivity index (χ3n) is 5.45. The summed E-state index contributed by atoms with van der Waals surface area (Å²) in [4.78, 5) is 41.5. The SMILES string of the molecule is O=C(c1ccc(=O)[nH]c1)N1C[C@@H](c2cccnc2)[C@H](c2nc(-c3ccncc3)no2)C1. The summed E-state index contributed by atoms with van der Waals surface area (Å²) in [6, 6.07) is 10.4. The monoisotopic (exact) mass is 414 g/mol. The molecule has 9 heteroatoms. The van der Waals surface area contributed by atoms with Crippen LogP contribution in [-0.2, 0) is 0 Å². The summed E-state index contributed by atoms with van der Waals surface area (Å²) in [5.41, 5.74) is 1.97. The number of carbonyl (C=O) groups excluding carboxylic acids is 1. The van der Waals surface area contributed by atoms with Crippen LogP contribution < -0.4 is 5.56 Å². The van der Waals surface area contributed by atoms with Crippen LogP contribution in [0.4, 0.5) is 0 Å². The van der Waals surface area contributed by atoms with Crippen molar-refractivity contribution in [2.45, 2.75) is 11.8 Å². The molecule has 2 atom stereocenters. The van der Waals surface area contributed by atoms with Crippen LogP contribution in [0.2, 0.25) is 0 Å². The molecular formula is C22H18N6O3. The van der Waals surface area contributed by atoms with E-state index in [4.69, 9.17) is 4.52 Å². The van der Waals surface area contributed by atoms with Gasteiger partial charge in [0, 0.05) is 61.6 Å². The smallest absolute Gasteiger partial charge is 0.255 e. The molecule has 1 saturated heterocycles. The molecule has 31 heavy (non-hydrogen) atoms.